The van der Waals surface area contributed by atoms with Crippen LogP contribution in [0, 0.1) is 5.82 Å². The van der Waals surface area contributed by atoms with Crippen LogP contribution in [-0.4, -0.2) is 59.6 Å². The highest BCUT2D eigenvalue weighted by Crippen LogP contribution is 2.26. The number of hydrogen-bond donors (Lipinski definition) is 1. The van der Waals surface area contributed by atoms with Crippen LogP contribution in [0.1, 0.15) is 6.42 Å². The molecule has 0 aliphatic carbocycles. The lowest BCUT2D eigenvalue weighted by Crippen LogP contribution is -2.57. The number of carbonyl (C=O) groups is 1. The average Bonchev–Trinajstić information content (AvgIpc) is 2.68. The molecule has 168 valence electrons. The highest BCUT2D eigenvalue weighted by Gasteiger charge is 2.40. The molecule has 2 aromatic carbocycles. The Balaban J connectivity index is 1.51. The Kier molecular flexibility index (Phi) is 6.89. The van der Waals surface area contributed by atoms with Gasteiger partial charge in [0.05, 0.1) is 21.9 Å². The number of likely N-dealkylation sites (tertiary alicyclic amines) is 1. The summed E-state index contributed by atoms with van der Waals surface area (Å²) >= 11 is 5.60. The van der Waals surface area contributed by atoms with Gasteiger partial charge in [-0.3, -0.25) is 4.79 Å². The highest BCUT2D eigenvalue weighted by molar-refractivity contribution is 7.92. The molecule has 0 aromatic heterocycles. The first-order valence-corrected chi connectivity index (χ1v) is 12.6. The number of benzene rings is 2. The first kappa shape index (κ1) is 23.5. The van der Waals surface area contributed by atoms with Gasteiger partial charge in [-0.15, -0.1) is 0 Å². The molecule has 12 heteroatoms. The maximum Gasteiger partial charge on any atom is 0.240 e. The van der Waals surface area contributed by atoms with E-state index < -0.39 is 30.9 Å². The second kappa shape index (κ2) is 9.11. The number of nitrogens with one attached hydrogen (secondary N) is 1. The number of amides is 1. The van der Waals surface area contributed by atoms with Gasteiger partial charge >= 0.3 is 0 Å². The van der Waals surface area contributed by atoms with Crippen LogP contribution in [0.3, 0.4) is 0 Å². The Morgan fingerprint density at radius 1 is 1.13 bits per heavy atom. The summed E-state index contributed by atoms with van der Waals surface area (Å²) in [7, 11) is -6.07. The smallest absolute Gasteiger partial charge is 0.240 e. The van der Waals surface area contributed by atoms with Crippen LogP contribution in [-0.2, 0) is 24.7 Å². The van der Waals surface area contributed by atoms with E-state index in [9.17, 15) is 26.0 Å². The number of sulfone groups is 1. The molecule has 2 aromatic rings. The summed E-state index contributed by atoms with van der Waals surface area (Å²) in [5.41, 5.74) is 0. The van der Waals surface area contributed by atoms with Crippen LogP contribution in [0.2, 0.25) is 5.02 Å². The highest BCUT2D eigenvalue weighted by atomic mass is 35.5. The predicted molar refractivity (Wildman–Crippen MR) is 112 cm³/mol. The molecule has 1 saturated heterocycles. The Morgan fingerprint density at radius 3 is 2.32 bits per heavy atom. The van der Waals surface area contributed by atoms with Crippen molar-refractivity contribution in [1.82, 2.24) is 9.62 Å². The van der Waals surface area contributed by atoms with Gasteiger partial charge in [0.15, 0.2) is 9.84 Å². The van der Waals surface area contributed by atoms with E-state index in [4.69, 9.17) is 16.3 Å². The molecule has 1 heterocycles. The van der Waals surface area contributed by atoms with Crippen LogP contribution in [0.25, 0.3) is 0 Å². The van der Waals surface area contributed by atoms with E-state index in [1.54, 1.807) is 12.1 Å². The fourth-order valence-electron chi connectivity index (χ4n) is 2.97. The summed E-state index contributed by atoms with van der Waals surface area (Å²) in [6, 6.07) is 8.99. The Bertz CT molecular complexity index is 1180. The van der Waals surface area contributed by atoms with Gasteiger partial charge in [-0.1, -0.05) is 11.6 Å². The molecule has 31 heavy (non-hydrogen) atoms. The molecule has 0 radical (unpaired) electrons. The number of nitrogens with zero attached hydrogens (tertiary/aromatic N) is 1. The van der Waals surface area contributed by atoms with Crippen molar-refractivity contribution >= 4 is 37.4 Å². The van der Waals surface area contributed by atoms with E-state index in [-0.39, 0.29) is 46.8 Å². The van der Waals surface area contributed by atoms with Crippen molar-refractivity contribution in [2.45, 2.75) is 21.5 Å². The van der Waals surface area contributed by atoms with Gasteiger partial charge in [0.1, 0.15) is 16.8 Å². The molecule has 0 bridgehead atoms. The van der Waals surface area contributed by atoms with Crippen molar-refractivity contribution in [3.8, 4) is 5.75 Å². The van der Waals surface area contributed by atoms with Crippen LogP contribution in [0.15, 0.2) is 52.3 Å². The molecule has 1 aliphatic rings. The zero-order valence-electron chi connectivity index (χ0n) is 16.4. The maximum absolute atomic E-state index is 13.2. The number of rotatable bonds is 8. The zero-order chi connectivity index (χ0) is 22.8. The molecule has 1 N–H and O–H groups in total. The normalized spacial score (nSPS) is 14.9. The fourth-order valence-corrected chi connectivity index (χ4v) is 5.93. The number of halogens is 2. The maximum atomic E-state index is 13.2. The predicted octanol–water partition coefficient (Wildman–Crippen LogP) is 1.84. The minimum atomic E-state index is -3.96. The largest absolute Gasteiger partial charge is 0.497 e. The van der Waals surface area contributed by atoms with Crippen LogP contribution in [0.5, 0.6) is 5.75 Å². The number of sulfonamides is 1. The van der Waals surface area contributed by atoms with Gasteiger partial charge in [0, 0.05) is 26.1 Å². The summed E-state index contributed by atoms with van der Waals surface area (Å²) in [5, 5.41) is -1.05. The molecule has 0 unspecified atom stereocenters. The zero-order valence-corrected chi connectivity index (χ0v) is 18.8. The van der Waals surface area contributed by atoms with Crippen molar-refractivity contribution in [3.63, 3.8) is 0 Å². The Labute approximate surface area is 184 Å². The SMILES string of the molecule is COc1ccc(S(=O)(=O)C2CN(C(=O)CCNS(=O)(=O)c3ccc(F)c(Cl)c3)C2)cc1. The fraction of sp³-hybridized carbons (Fsp3) is 0.316. The van der Waals surface area contributed by atoms with Crippen molar-refractivity contribution in [3.05, 3.63) is 53.3 Å². The second-order valence-corrected chi connectivity index (χ2v) is 11.3. The van der Waals surface area contributed by atoms with Gasteiger partial charge in [-0.25, -0.2) is 25.9 Å². The van der Waals surface area contributed by atoms with Crippen molar-refractivity contribution in [2.24, 2.45) is 0 Å². The molecular formula is C19H20ClFN2O6S2. The minimum Gasteiger partial charge on any atom is -0.497 e. The van der Waals surface area contributed by atoms with Gasteiger partial charge in [-0.2, -0.15) is 0 Å². The van der Waals surface area contributed by atoms with E-state index in [0.717, 1.165) is 18.2 Å². The molecule has 1 aliphatic heterocycles. The number of ether oxygens (including phenoxy) is 1. The van der Waals surface area contributed by atoms with Crippen LogP contribution in [0.4, 0.5) is 4.39 Å². The van der Waals surface area contributed by atoms with E-state index in [2.05, 4.69) is 4.72 Å². The third kappa shape index (κ3) is 5.17. The molecule has 0 saturated carbocycles. The number of hydrogen-bond acceptors (Lipinski definition) is 6. The molecule has 1 fully saturated rings. The second-order valence-electron chi connectivity index (χ2n) is 6.86. The van der Waals surface area contributed by atoms with Crippen molar-refractivity contribution in [2.75, 3.05) is 26.7 Å². The Hall–Kier alpha value is -2.21. The third-order valence-corrected chi connectivity index (χ3v) is 8.71. The van der Waals surface area contributed by atoms with E-state index in [1.165, 1.54) is 24.1 Å². The van der Waals surface area contributed by atoms with Gasteiger partial charge in [0.25, 0.3) is 0 Å². The summed E-state index contributed by atoms with van der Waals surface area (Å²) < 4.78 is 70.1. The van der Waals surface area contributed by atoms with Crippen LogP contribution < -0.4 is 9.46 Å². The molecule has 0 spiro atoms. The number of methoxy groups -OCH3 is 1. The molecule has 3 rings (SSSR count). The van der Waals surface area contributed by atoms with Gasteiger partial charge in [-0.05, 0) is 42.5 Å². The third-order valence-electron chi connectivity index (χ3n) is 4.86. The minimum absolute atomic E-state index is 0.0352. The van der Waals surface area contributed by atoms with E-state index in [0.29, 0.717) is 5.75 Å². The topological polar surface area (TPSA) is 110 Å². The average molecular weight is 491 g/mol. The quantitative estimate of drug-likeness (QED) is 0.604. The molecule has 1 amide bonds. The molecule has 0 atom stereocenters. The summed E-state index contributed by atoms with van der Waals surface area (Å²) in [6.45, 7) is -0.121. The summed E-state index contributed by atoms with van der Waals surface area (Å²) in [4.78, 5) is 13.5. The number of carbonyl (C=O) groups excluding carboxylic acids is 1. The standard InChI is InChI=1S/C19H20ClFN2O6S2/c1-29-13-2-4-14(5-3-13)30(25,26)16-11-23(12-16)19(24)8-9-22-31(27,28)15-6-7-18(21)17(20)10-15/h2-7,10,16,22H,8-9,11-12H2,1H3. The molecular weight excluding hydrogens is 471 g/mol. The summed E-state index contributed by atoms with van der Waals surface area (Å²) in [6.07, 6.45) is -0.149. The lowest BCUT2D eigenvalue weighted by Gasteiger charge is -2.38. The van der Waals surface area contributed by atoms with Gasteiger partial charge in [0.2, 0.25) is 15.9 Å². The Morgan fingerprint density at radius 2 is 1.74 bits per heavy atom. The lowest BCUT2D eigenvalue weighted by molar-refractivity contribution is -0.134. The van der Waals surface area contributed by atoms with Crippen LogP contribution >= 0.6 is 11.6 Å². The molecule has 8 nitrogen and oxygen atoms in total. The first-order valence-electron chi connectivity index (χ1n) is 9.15. The summed E-state index contributed by atoms with van der Waals surface area (Å²) in [5.74, 6) is -0.580. The van der Waals surface area contributed by atoms with Crippen molar-refractivity contribution in [1.29, 1.82) is 0 Å². The monoisotopic (exact) mass is 490 g/mol. The van der Waals surface area contributed by atoms with Gasteiger partial charge < -0.3 is 9.64 Å². The van der Waals surface area contributed by atoms with Crippen molar-refractivity contribution < 1.29 is 30.8 Å². The first-order chi connectivity index (χ1) is 14.5. The van der Waals surface area contributed by atoms with E-state index >= 15 is 0 Å². The van der Waals surface area contributed by atoms with E-state index in [1.807, 2.05) is 0 Å². The lowest BCUT2D eigenvalue weighted by atomic mass is 10.2.